The molecule has 1 saturated heterocycles. The van der Waals surface area contributed by atoms with Gasteiger partial charge in [0.25, 0.3) is 0 Å². The smallest absolute Gasteiger partial charge is 0.322 e. The lowest BCUT2D eigenvalue weighted by molar-refractivity contribution is -0.0642. The molecule has 1 aliphatic heterocycles. The number of nitrogens with one attached hydrogen (secondary N) is 1. The summed E-state index contributed by atoms with van der Waals surface area (Å²) in [4.78, 5) is 18.9. The van der Waals surface area contributed by atoms with Crippen molar-refractivity contribution in [3.8, 4) is 11.4 Å². The van der Waals surface area contributed by atoms with Crippen molar-refractivity contribution in [1.82, 2.24) is 15.0 Å². The van der Waals surface area contributed by atoms with Crippen LogP contribution >= 0.6 is 0 Å². The second-order valence-corrected chi connectivity index (χ2v) is 6.90. The average Bonchev–Trinajstić information content (AvgIpc) is 3.15. The Morgan fingerprint density at radius 1 is 1.14 bits per heavy atom. The Balaban J connectivity index is 1.47. The van der Waals surface area contributed by atoms with Crippen LogP contribution in [0, 0.1) is 6.92 Å². The Labute approximate surface area is 163 Å². The third kappa shape index (κ3) is 4.04. The van der Waals surface area contributed by atoms with E-state index in [0.717, 1.165) is 11.1 Å². The van der Waals surface area contributed by atoms with Crippen molar-refractivity contribution in [2.75, 3.05) is 18.4 Å². The molecule has 2 heterocycles. The minimum atomic E-state index is -0.155. The van der Waals surface area contributed by atoms with Crippen LogP contribution < -0.4 is 5.32 Å². The summed E-state index contributed by atoms with van der Waals surface area (Å²) in [6.45, 7) is 4.77. The summed E-state index contributed by atoms with van der Waals surface area (Å²) in [5.41, 5.74) is 2.54. The lowest BCUT2D eigenvalue weighted by Crippen LogP contribution is -2.47. The number of anilines is 1. The van der Waals surface area contributed by atoms with Crippen molar-refractivity contribution in [2.24, 2.45) is 0 Å². The molecule has 2 atom stereocenters. The molecule has 1 aliphatic rings. The van der Waals surface area contributed by atoms with Crippen molar-refractivity contribution in [2.45, 2.75) is 26.1 Å². The van der Waals surface area contributed by atoms with E-state index >= 15 is 0 Å². The number of rotatable bonds is 3. The Bertz CT molecular complexity index is 957. The lowest BCUT2D eigenvalue weighted by atomic mass is 10.1. The summed E-state index contributed by atoms with van der Waals surface area (Å²) in [6, 6.07) is 17.2. The molecule has 1 aromatic heterocycles. The number of aryl methyl sites for hydroxylation is 1. The number of carbonyl (C=O) groups is 1. The summed E-state index contributed by atoms with van der Waals surface area (Å²) in [6.07, 6.45) is -0.178. The molecule has 2 amide bonds. The second kappa shape index (κ2) is 7.82. The van der Waals surface area contributed by atoms with Gasteiger partial charge in [0.1, 0.15) is 6.10 Å². The van der Waals surface area contributed by atoms with Gasteiger partial charge in [0.2, 0.25) is 11.7 Å². The predicted octanol–water partition coefficient (Wildman–Crippen LogP) is 4.04. The Morgan fingerprint density at radius 3 is 2.71 bits per heavy atom. The third-order valence-electron chi connectivity index (χ3n) is 4.62. The standard InChI is InChI=1S/C21H22N4O3/c1-14-12-25(13-19(27-14)16-7-4-3-5-8-16)21(26)23-18-10-6-9-17(11-18)20-22-15(2)28-24-20/h3-11,14,19H,12-13H2,1-2H3,(H,23,26)/t14-,19-/m1/s1. The molecule has 0 radical (unpaired) electrons. The van der Waals surface area contributed by atoms with Crippen molar-refractivity contribution in [3.05, 3.63) is 66.1 Å². The van der Waals surface area contributed by atoms with Gasteiger partial charge in [0.05, 0.1) is 12.6 Å². The van der Waals surface area contributed by atoms with E-state index < -0.39 is 0 Å². The fourth-order valence-corrected chi connectivity index (χ4v) is 3.32. The molecule has 3 aromatic rings. The number of morpholine rings is 1. The number of amides is 2. The zero-order valence-corrected chi connectivity index (χ0v) is 15.8. The first-order valence-electron chi connectivity index (χ1n) is 9.25. The van der Waals surface area contributed by atoms with Crippen LogP contribution in [0.4, 0.5) is 10.5 Å². The van der Waals surface area contributed by atoms with Crippen molar-refractivity contribution < 1.29 is 14.1 Å². The summed E-state index contributed by atoms with van der Waals surface area (Å²) in [7, 11) is 0. The van der Waals surface area contributed by atoms with Gasteiger partial charge in [-0.15, -0.1) is 0 Å². The van der Waals surface area contributed by atoms with Crippen molar-refractivity contribution >= 4 is 11.7 Å². The summed E-state index contributed by atoms with van der Waals surface area (Å²) < 4.78 is 11.1. The maximum atomic E-state index is 12.9. The van der Waals surface area contributed by atoms with Crippen molar-refractivity contribution in [3.63, 3.8) is 0 Å². The van der Waals surface area contributed by atoms with Crippen LogP contribution in [0.15, 0.2) is 59.1 Å². The van der Waals surface area contributed by atoms with Gasteiger partial charge in [0, 0.05) is 24.7 Å². The number of hydrogen-bond acceptors (Lipinski definition) is 5. The minimum Gasteiger partial charge on any atom is -0.367 e. The average molecular weight is 378 g/mol. The molecule has 0 bridgehead atoms. The molecule has 0 unspecified atom stereocenters. The minimum absolute atomic E-state index is 0.0432. The number of urea groups is 1. The van der Waals surface area contributed by atoms with E-state index in [4.69, 9.17) is 9.26 Å². The van der Waals surface area contributed by atoms with Crippen LogP contribution in [-0.2, 0) is 4.74 Å². The van der Waals surface area contributed by atoms with Crippen LogP contribution in [0.3, 0.4) is 0 Å². The Hall–Kier alpha value is -3.19. The zero-order valence-electron chi connectivity index (χ0n) is 15.8. The van der Waals surface area contributed by atoms with Crippen molar-refractivity contribution in [1.29, 1.82) is 0 Å². The maximum absolute atomic E-state index is 12.9. The molecule has 1 N–H and O–H groups in total. The highest BCUT2D eigenvalue weighted by Crippen LogP contribution is 2.26. The maximum Gasteiger partial charge on any atom is 0.322 e. The van der Waals surface area contributed by atoms with Gasteiger partial charge in [-0.1, -0.05) is 47.6 Å². The molecular formula is C21H22N4O3. The van der Waals surface area contributed by atoms with Gasteiger partial charge in [-0.25, -0.2) is 4.79 Å². The van der Waals surface area contributed by atoms with E-state index in [9.17, 15) is 4.79 Å². The number of ether oxygens (including phenoxy) is 1. The van der Waals surface area contributed by atoms with Crippen LogP contribution in [0.2, 0.25) is 0 Å². The molecule has 0 spiro atoms. The molecule has 0 aliphatic carbocycles. The fourth-order valence-electron chi connectivity index (χ4n) is 3.32. The van der Waals surface area contributed by atoms with Crippen LogP contribution in [0.25, 0.3) is 11.4 Å². The summed E-state index contributed by atoms with van der Waals surface area (Å²) in [5, 5.41) is 6.89. The number of carbonyl (C=O) groups excluding carboxylic acids is 1. The molecule has 4 rings (SSSR count). The molecule has 28 heavy (non-hydrogen) atoms. The first-order chi connectivity index (χ1) is 13.6. The van der Waals surface area contributed by atoms with Crippen LogP contribution in [0.1, 0.15) is 24.5 Å². The highest BCUT2D eigenvalue weighted by Gasteiger charge is 2.29. The largest absolute Gasteiger partial charge is 0.367 e. The molecule has 7 heteroatoms. The van der Waals surface area contributed by atoms with Gasteiger partial charge in [-0.05, 0) is 24.6 Å². The van der Waals surface area contributed by atoms with E-state index in [2.05, 4.69) is 15.5 Å². The van der Waals surface area contributed by atoms with Gasteiger partial charge < -0.3 is 19.5 Å². The number of benzene rings is 2. The first-order valence-corrected chi connectivity index (χ1v) is 9.25. The second-order valence-electron chi connectivity index (χ2n) is 6.90. The Kier molecular flexibility index (Phi) is 5.08. The quantitative estimate of drug-likeness (QED) is 0.744. The molecule has 0 saturated carbocycles. The zero-order chi connectivity index (χ0) is 19.5. The summed E-state index contributed by atoms with van der Waals surface area (Å²) in [5.74, 6) is 0.997. The fraction of sp³-hybridized carbons (Fsp3) is 0.286. The third-order valence-corrected chi connectivity index (χ3v) is 4.62. The highest BCUT2D eigenvalue weighted by molar-refractivity contribution is 5.90. The van der Waals surface area contributed by atoms with Gasteiger partial charge in [-0.2, -0.15) is 4.98 Å². The first kappa shape index (κ1) is 18.2. The van der Waals surface area contributed by atoms with Gasteiger partial charge in [-0.3, -0.25) is 0 Å². The molecule has 144 valence electrons. The van der Waals surface area contributed by atoms with E-state index in [1.807, 2.05) is 61.5 Å². The van der Waals surface area contributed by atoms with E-state index in [1.165, 1.54) is 0 Å². The van der Waals surface area contributed by atoms with Crippen LogP contribution in [-0.4, -0.2) is 40.3 Å². The Morgan fingerprint density at radius 2 is 1.96 bits per heavy atom. The molecular weight excluding hydrogens is 356 g/mol. The number of hydrogen-bond donors (Lipinski definition) is 1. The van der Waals surface area contributed by atoms with Crippen LogP contribution in [0.5, 0.6) is 0 Å². The number of aromatic nitrogens is 2. The number of nitrogens with zero attached hydrogens (tertiary/aromatic N) is 3. The predicted molar refractivity (Wildman–Crippen MR) is 105 cm³/mol. The monoisotopic (exact) mass is 378 g/mol. The van der Waals surface area contributed by atoms with Gasteiger partial charge in [0.15, 0.2) is 0 Å². The normalized spacial score (nSPS) is 19.4. The van der Waals surface area contributed by atoms with Gasteiger partial charge >= 0.3 is 6.03 Å². The molecule has 1 fully saturated rings. The highest BCUT2D eigenvalue weighted by atomic mass is 16.5. The lowest BCUT2D eigenvalue weighted by Gasteiger charge is -2.37. The molecule has 7 nitrogen and oxygen atoms in total. The van der Waals surface area contributed by atoms with E-state index in [1.54, 1.807) is 11.8 Å². The topological polar surface area (TPSA) is 80.5 Å². The summed E-state index contributed by atoms with van der Waals surface area (Å²) >= 11 is 0. The SMILES string of the molecule is Cc1nc(-c2cccc(NC(=O)N3C[C@@H](C)O[C@@H](c4ccccc4)C3)c2)no1. The molecule has 2 aromatic carbocycles. The van der Waals surface area contributed by atoms with E-state index in [0.29, 0.717) is 30.5 Å². The van der Waals surface area contributed by atoms with E-state index in [-0.39, 0.29) is 18.2 Å².